The third kappa shape index (κ3) is 4.78. The van der Waals surface area contributed by atoms with Gasteiger partial charge < -0.3 is 13.5 Å². The lowest BCUT2D eigenvalue weighted by atomic mass is 10.1. The summed E-state index contributed by atoms with van der Waals surface area (Å²) < 4.78 is 11.8. The fourth-order valence-electron chi connectivity index (χ4n) is 3.45. The fourth-order valence-corrected chi connectivity index (χ4v) is 6.91. The second-order valence-electron chi connectivity index (χ2n) is 10.9. The molecule has 0 aliphatic carbocycles. The molecule has 30 heavy (non-hydrogen) atoms. The zero-order valence-corrected chi connectivity index (χ0v) is 23.9. The van der Waals surface area contributed by atoms with Crippen LogP contribution in [-0.4, -0.2) is 36.7 Å². The molecule has 2 heterocycles. The summed E-state index contributed by atoms with van der Waals surface area (Å²) in [5, 5.41) is 1.54. The van der Waals surface area contributed by atoms with Gasteiger partial charge in [0, 0.05) is 37.3 Å². The van der Waals surface area contributed by atoms with Crippen LogP contribution < -0.4 is 0 Å². The van der Waals surface area contributed by atoms with E-state index in [1.807, 2.05) is 6.33 Å². The third-order valence-electron chi connectivity index (χ3n) is 6.42. The Balaban J connectivity index is 2.04. The number of nitrogens with zero attached hydrogens (tertiary/aromatic N) is 3. The van der Waals surface area contributed by atoms with Crippen LogP contribution in [0.4, 0.5) is 0 Å². The first-order valence-electron chi connectivity index (χ1n) is 10.7. The van der Waals surface area contributed by atoms with Crippen LogP contribution in [0.3, 0.4) is 0 Å². The van der Waals surface area contributed by atoms with Crippen molar-refractivity contribution in [2.75, 3.05) is 6.61 Å². The normalized spacial score (nSPS) is 13.4. The first-order chi connectivity index (χ1) is 13.8. The zero-order chi connectivity index (χ0) is 22.3. The number of aromatic nitrogens is 3. The number of rotatable bonds is 7. The summed E-state index contributed by atoms with van der Waals surface area (Å²) in [4.78, 5) is 4.63. The number of imidazole rings is 1. The summed E-state index contributed by atoms with van der Waals surface area (Å²) in [6.45, 7) is 20.6. The minimum Gasteiger partial charge on any atom is -0.373 e. The maximum atomic E-state index is 6.07. The molecule has 0 bridgehead atoms. The molecular weight excluding hydrogens is 517 g/mol. The van der Waals surface area contributed by atoms with Crippen LogP contribution in [0.15, 0.2) is 36.8 Å². The van der Waals surface area contributed by atoms with Gasteiger partial charge in [-0.15, -0.1) is 0 Å². The minimum absolute atomic E-state index is 0.249. The van der Waals surface area contributed by atoms with Crippen molar-refractivity contribution in [1.82, 2.24) is 13.8 Å². The van der Waals surface area contributed by atoms with Gasteiger partial charge in [-0.05, 0) is 39.7 Å². The van der Waals surface area contributed by atoms with Crippen LogP contribution in [0.25, 0.3) is 22.2 Å². The van der Waals surface area contributed by atoms with E-state index in [1.165, 1.54) is 22.5 Å². The van der Waals surface area contributed by atoms with Gasteiger partial charge in [0.2, 0.25) is 0 Å². The molecule has 0 spiro atoms. The highest BCUT2D eigenvalue weighted by atomic mass is 127. The minimum atomic E-state index is -1.77. The molecule has 3 rings (SSSR count). The Morgan fingerprint density at radius 3 is 2.37 bits per heavy atom. The molecule has 0 atom stereocenters. The standard InChI is InChI=1S/C23H36IN3OSi2/c1-23(2,3)30(7,8)27-15-19(18-11-9-10-12-20(18)27)21-22(24)25-16-26(21)17-28-13-14-29(4,5)6/h9-12,15-16H,13-14,17H2,1-8H3. The van der Waals surface area contributed by atoms with Crippen molar-refractivity contribution in [3.05, 3.63) is 40.5 Å². The molecule has 0 fully saturated rings. The molecule has 0 unspecified atom stereocenters. The number of ether oxygens (including phenoxy) is 1. The average molecular weight is 554 g/mol. The van der Waals surface area contributed by atoms with E-state index in [2.05, 4.69) is 120 Å². The van der Waals surface area contributed by atoms with Gasteiger partial charge in [-0.1, -0.05) is 71.7 Å². The largest absolute Gasteiger partial charge is 0.373 e. The van der Waals surface area contributed by atoms with Crippen molar-refractivity contribution in [2.45, 2.75) is 71.3 Å². The topological polar surface area (TPSA) is 32.0 Å². The van der Waals surface area contributed by atoms with Crippen LogP contribution in [0.2, 0.25) is 43.8 Å². The van der Waals surface area contributed by atoms with Crippen molar-refractivity contribution in [1.29, 1.82) is 0 Å². The van der Waals surface area contributed by atoms with Crippen LogP contribution >= 0.6 is 22.6 Å². The Morgan fingerprint density at radius 1 is 1.07 bits per heavy atom. The van der Waals surface area contributed by atoms with Crippen molar-refractivity contribution in [2.24, 2.45) is 0 Å². The Kier molecular flexibility index (Phi) is 6.77. The van der Waals surface area contributed by atoms with Gasteiger partial charge in [0.05, 0.1) is 12.0 Å². The maximum absolute atomic E-state index is 6.07. The van der Waals surface area contributed by atoms with Gasteiger partial charge in [-0.3, -0.25) is 0 Å². The molecule has 2 aromatic heterocycles. The lowest BCUT2D eigenvalue weighted by molar-refractivity contribution is 0.0882. The highest BCUT2D eigenvalue weighted by Gasteiger charge is 2.39. The Bertz CT molecular complexity index is 1030. The van der Waals surface area contributed by atoms with E-state index in [9.17, 15) is 0 Å². The summed E-state index contributed by atoms with van der Waals surface area (Å²) in [5.41, 5.74) is 3.74. The second-order valence-corrected chi connectivity index (χ2v) is 22.7. The summed E-state index contributed by atoms with van der Waals surface area (Å²) >= 11 is 2.36. The van der Waals surface area contributed by atoms with Crippen LogP contribution in [0, 0.1) is 3.70 Å². The predicted molar refractivity (Wildman–Crippen MR) is 143 cm³/mol. The molecule has 7 heteroatoms. The molecule has 164 valence electrons. The fraction of sp³-hybridized carbons (Fsp3) is 0.522. The molecule has 0 aliphatic rings. The first kappa shape index (κ1) is 23.8. The van der Waals surface area contributed by atoms with E-state index in [4.69, 9.17) is 4.74 Å². The molecule has 0 saturated heterocycles. The highest BCUT2D eigenvalue weighted by Crippen LogP contribution is 2.42. The van der Waals surface area contributed by atoms with Crippen molar-refractivity contribution >= 4 is 49.8 Å². The summed E-state index contributed by atoms with van der Waals surface area (Å²) in [7, 11) is -2.86. The number of hydrogen-bond donors (Lipinski definition) is 0. The highest BCUT2D eigenvalue weighted by molar-refractivity contribution is 14.1. The number of halogens is 1. The molecule has 0 radical (unpaired) electrons. The first-order valence-corrected chi connectivity index (χ1v) is 18.5. The molecule has 4 nitrogen and oxygen atoms in total. The lowest BCUT2D eigenvalue weighted by Gasteiger charge is -2.38. The van der Waals surface area contributed by atoms with Gasteiger partial charge in [-0.2, -0.15) is 0 Å². The van der Waals surface area contributed by atoms with E-state index in [0.717, 1.165) is 16.0 Å². The van der Waals surface area contributed by atoms with Crippen molar-refractivity contribution in [3.8, 4) is 11.3 Å². The number of para-hydroxylation sites is 1. The monoisotopic (exact) mass is 553 g/mol. The van der Waals surface area contributed by atoms with Crippen molar-refractivity contribution < 1.29 is 4.74 Å². The van der Waals surface area contributed by atoms with E-state index in [0.29, 0.717) is 6.73 Å². The van der Waals surface area contributed by atoms with Crippen LogP contribution in [-0.2, 0) is 11.5 Å². The van der Waals surface area contributed by atoms with E-state index in [-0.39, 0.29) is 5.04 Å². The Morgan fingerprint density at radius 2 is 1.73 bits per heavy atom. The number of benzene rings is 1. The third-order valence-corrected chi connectivity index (χ3v) is 14.2. The Hall–Kier alpha value is -0.906. The van der Waals surface area contributed by atoms with Gasteiger partial charge in [0.1, 0.15) is 10.4 Å². The van der Waals surface area contributed by atoms with Gasteiger partial charge in [0.25, 0.3) is 0 Å². The van der Waals surface area contributed by atoms with E-state index in [1.54, 1.807) is 0 Å². The second kappa shape index (κ2) is 8.56. The molecule has 0 saturated carbocycles. The molecular formula is C23H36IN3OSi2. The molecule has 0 amide bonds. The Labute approximate surface area is 197 Å². The lowest BCUT2D eigenvalue weighted by Crippen LogP contribution is -2.44. The quantitative estimate of drug-likeness (QED) is 0.175. The molecule has 0 N–H and O–H groups in total. The zero-order valence-electron chi connectivity index (χ0n) is 19.7. The van der Waals surface area contributed by atoms with E-state index < -0.39 is 16.3 Å². The van der Waals surface area contributed by atoms with Gasteiger partial charge >= 0.3 is 0 Å². The van der Waals surface area contributed by atoms with Gasteiger partial charge in [-0.25, -0.2) is 4.98 Å². The summed E-state index contributed by atoms with van der Waals surface area (Å²) in [6, 6.07) is 9.97. The maximum Gasteiger partial charge on any atom is 0.161 e. The molecule has 0 aliphatic heterocycles. The van der Waals surface area contributed by atoms with Crippen LogP contribution in [0.1, 0.15) is 20.8 Å². The number of hydrogen-bond acceptors (Lipinski definition) is 2. The molecule has 3 aromatic rings. The van der Waals surface area contributed by atoms with E-state index >= 15 is 0 Å². The predicted octanol–water partition coefficient (Wildman–Crippen LogP) is 7.28. The SMILES string of the molecule is CC(C)(C)[Si](C)(C)n1cc(-c2c(I)ncn2COCC[Si](C)(C)C)c2ccccc21. The average Bonchev–Trinajstić information content (AvgIpc) is 3.17. The van der Waals surface area contributed by atoms with Crippen molar-refractivity contribution in [3.63, 3.8) is 0 Å². The van der Waals surface area contributed by atoms with Crippen LogP contribution in [0.5, 0.6) is 0 Å². The van der Waals surface area contributed by atoms with Gasteiger partial charge in [0.15, 0.2) is 8.24 Å². The molecule has 1 aromatic carbocycles. The summed E-state index contributed by atoms with van der Waals surface area (Å²) in [5.74, 6) is 0. The smallest absolute Gasteiger partial charge is 0.161 e. The number of fused-ring (bicyclic) bond motifs is 1. The summed E-state index contributed by atoms with van der Waals surface area (Å²) in [6.07, 6.45) is 4.30.